The van der Waals surface area contributed by atoms with E-state index in [0.29, 0.717) is 12.1 Å². The molecule has 1 saturated heterocycles. The minimum atomic E-state index is -4.63. The predicted octanol–water partition coefficient (Wildman–Crippen LogP) is -0.759. The summed E-state index contributed by atoms with van der Waals surface area (Å²) in [5.74, 6) is -1.30. The van der Waals surface area contributed by atoms with Crippen LogP contribution < -0.4 is 9.46 Å². The summed E-state index contributed by atoms with van der Waals surface area (Å²) in [5, 5.41) is 30.5. The third-order valence-corrected chi connectivity index (χ3v) is 5.85. The molecule has 15 heteroatoms. The van der Waals surface area contributed by atoms with E-state index in [9.17, 15) is 28.5 Å². The number of carbonyl (C=O) groups excluding carboxylic acids is 1. The van der Waals surface area contributed by atoms with E-state index in [1.807, 2.05) is 0 Å². The van der Waals surface area contributed by atoms with Crippen molar-refractivity contribution in [3.63, 3.8) is 0 Å². The maximum absolute atomic E-state index is 12.2. The molecule has 1 aliphatic rings. The molecule has 3 aromatic rings. The van der Waals surface area contributed by atoms with Crippen molar-refractivity contribution < 1.29 is 42.2 Å². The second-order valence-corrected chi connectivity index (χ2v) is 8.52. The molecule has 0 aliphatic carbocycles. The number of ether oxygens (including phenoxy) is 2. The number of aromatic hydroxyl groups is 1. The third-order valence-electron chi connectivity index (χ3n) is 4.97. The number of imidazole rings is 1. The Morgan fingerprint density at radius 3 is 2.71 bits per heavy atom. The lowest BCUT2D eigenvalue weighted by molar-refractivity contribution is -0.0468. The van der Waals surface area contributed by atoms with Crippen LogP contribution in [0.25, 0.3) is 11.2 Å². The molecule has 1 fully saturated rings. The molecule has 1 aromatic carbocycles. The number of carbonyl (C=O) groups is 1. The summed E-state index contributed by atoms with van der Waals surface area (Å²) in [6, 6.07) is 5.34. The van der Waals surface area contributed by atoms with Gasteiger partial charge in [0.25, 0.3) is 5.91 Å². The second-order valence-electron chi connectivity index (χ2n) is 7.17. The minimum Gasteiger partial charge on any atom is -0.507 e. The first-order chi connectivity index (χ1) is 16.2. The van der Waals surface area contributed by atoms with Gasteiger partial charge in [0.2, 0.25) is 5.88 Å². The lowest BCUT2D eigenvalue weighted by Gasteiger charge is -2.16. The average molecular weight is 495 g/mol. The Kier molecular flexibility index (Phi) is 6.63. The van der Waals surface area contributed by atoms with Gasteiger partial charge in [0, 0.05) is 0 Å². The van der Waals surface area contributed by atoms with E-state index < -0.39 is 53.1 Å². The van der Waals surface area contributed by atoms with Gasteiger partial charge >= 0.3 is 10.3 Å². The molecule has 0 unspecified atom stereocenters. The summed E-state index contributed by atoms with van der Waals surface area (Å²) in [4.78, 5) is 24.4. The zero-order valence-electron chi connectivity index (χ0n) is 17.7. The Hall–Kier alpha value is -3.37. The number of phenols is 1. The highest BCUT2D eigenvalue weighted by atomic mass is 32.2. The van der Waals surface area contributed by atoms with Crippen molar-refractivity contribution in [2.24, 2.45) is 0 Å². The van der Waals surface area contributed by atoms with Gasteiger partial charge in [0.05, 0.1) is 25.1 Å². The number of fused-ring (bicyclic) bond motifs is 1. The van der Waals surface area contributed by atoms with E-state index in [2.05, 4.69) is 15.0 Å². The van der Waals surface area contributed by atoms with E-state index in [-0.39, 0.29) is 17.1 Å². The molecule has 1 aliphatic heterocycles. The van der Waals surface area contributed by atoms with Crippen LogP contribution >= 0.6 is 0 Å². The number of para-hydroxylation sites is 1. The van der Waals surface area contributed by atoms with Gasteiger partial charge in [-0.3, -0.25) is 13.5 Å². The van der Waals surface area contributed by atoms with Crippen LogP contribution in [0.2, 0.25) is 0 Å². The van der Waals surface area contributed by atoms with Crippen LogP contribution in [0.3, 0.4) is 0 Å². The number of nitrogens with zero attached hydrogens (tertiary/aromatic N) is 4. The number of hydrogen-bond acceptors (Lipinski definition) is 12. The van der Waals surface area contributed by atoms with Crippen molar-refractivity contribution in [1.82, 2.24) is 24.2 Å². The normalized spacial score (nSPS) is 22.7. The lowest BCUT2D eigenvalue weighted by atomic mass is 10.1. The highest BCUT2D eigenvalue weighted by Gasteiger charge is 2.45. The Morgan fingerprint density at radius 2 is 1.97 bits per heavy atom. The van der Waals surface area contributed by atoms with Crippen LogP contribution in [0.4, 0.5) is 0 Å². The van der Waals surface area contributed by atoms with Gasteiger partial charge in [-0.1, -0.05) is 12.1 Å². The topological polar surface area (TPSA) is 195 Å². The zero-order chi connectivity index (χ0) is 24.5. The number of amides is 1. The van der Waals surface area contributed by atoms with Crippen molar-refractivity contribution in [2.45, 2.75) is 31.5 Å². The van der Waals surface area contributed by atoms with Gasteiger partial charge < -0.3 is 24.8 Å². The van der Waals surface area contributed by atoms with Crippen molar-refractivity contribution in [3.8, 4) is 11.6 Å². The maximum Gasteiger partial charge on any atom is 0.362 e. The summed E-state index contributed by atoms with van der Waals surface area (Å²) < 4.78 is 43.1. The number of nitrogens with one attached hydrogen (secondary N) is 1. The van der Waals surface area contributed by atoms with E-state index in [1.54, 1.807) is 11.6 Å². The van der Waals surface area contributed by atoms with Crippen LogP contribution in [-0.4, -0.2) is 80.7 Å². The van der Waals surface area contributed by atoms with Gasteiger partial charge in [-0.15, -0.1) is 0 Å². The van der Waals surface area contributed by atoms with Crippen molar-refractivity contribution in [2.75, 3.05) is 13.2 Å². The average Bonchev–Trinajstić information content (AvgIpc) is 3.34. The number of benzene rings is 1. The number of hydrogen-bond donors (Lipinski definition) is 4. The lowest BCUT2D eigenvalue weighted by Crippen LogP contribution is -2.37. The second kappa shape index (κ2) is 9.47. The highest BCUT2D eigenvalue weighted by Crippen LogP contribution is 2.33. The summed E-state index contributed by atoms with van der Waals surface area (Å²) in [5.41, 5.74) is 0.297. The fourth-order valence-electron chi connectivity index (χ4n) is 3.38. The molecule has 0 saturated carbocycles. The SMILES string of the molecule is CCOc1ncnc2c1ncn2[C@@H]1O[C@H](COS(=O)(=O)NC(=O)c2ccccc2O)[C@@H](O)[C@H]1O. The highest BCUT2D eigenvalue weighted by molar-refractivity contribution is 7.85. The molecule has 0 radical (unpaired) electrons. The number of aliphatic hydroxyl groups is 2. The monoisotopic (exact) mass is 495 g/mol. The van der Waals surface area contributed by atoms with E-state index >= 15 is 0 Å². The van der Waals surface area contributed by atoms with E-state index in [1.165, 1.54) is 41.5 Å². The Balaban J connectivity index is 1.45. The minimum absolute atomic E-state index is 0.227. The van der Waals surface area contributed by atoms with Crippen molar-refractivity contribution in [3.05, 3.63) is 42.5 Å². The largest absolute Gasteiger partial charge is 0.507 e. The Labute approximate surface area is 193 Å². The molecule has 1 amide bonds. The molecular formula is C19H21N5O9S. The van der Waals surface area contributed by atoms with Crippen LogP contribution in [0.1, 0.15) is 23.5 Å². The quantitative estimate of drug-likeness (QED) is 0.305. The van der Waals surface area contributed by atoms with Crippen LogP contribution in [-0.2, 0) is 19.2 Å². The fourth-order valence-corrected chi connectivity index (χ4v) is 4.09. The number of aromatic nitrogens is 4. The summed E-state index contributed by atoms with van der Waals surface area (Å²) >= 11 is 0. The third kappa shape index (κ3) is 4.64. The van der Waals surface area contributed by atoms with E-state index in [0.717, 1.165) is 0 Å². The van der Waals surface area contributed by atoms with Gasteiger partial charge in [0.1, 0.15) is 30.4 Å². The molecule has 182 valence electrons. The molecular weight excluding hydrogens is 474 g/mol. The van der Waals surface area contributed by atoms with Gasteiger partial charge in [-0.2, -0.15) is 13.4 Å². The smallest absolute Gasteiger partial charge is 0.362 e. The first kappa shape index (κ1) is 23.8. The standard InChI is InChI=1S/C19H21N5O9S/c1-2-31-18-13-16(20-8-21-18)24(9-22-13)19-15(27)14(26)12(33-19)7-32-34(29,30)23-17(28)10-5-3-4-6-11(10)25/h3-6,8-9,12,14-15,19,25-27H,2,7H2,1H3,(H,23,28)/t12-,14-,15-,19-/m1/s1. The molecule has 0 bridgehead atoms. The van der Waals surface area contributed by atoms with Gasteiger partial charge in [-0.05, 0) is 19.1 Å². The molecule has 3 heterocycles. The fraction of sp³-hybridized carbons (Fsp3) is 0.368. The van der Waals surface area contributed by atoms with Gasteiger partial charge in [0.15, 0.2) is 17.4 Å². The number of rotatable bonds is 8. The first-order valence-corrected chi connectivity index (χ1v) is 11.4. The number of aliphatic hydroxyl groups excluding tert-OH is 2. The summed E-state index contributed by atoms with van der Waals surface area (Å²) in [7, 11) is -4.63. The van der Waals surface area contributed by atoms with Crippen molar-refractivity contribution in [1.29, 1.82) is 0 Å². The van der Waals surface area contributed by atoms with Gasteiger partial charge in [-0.25, -0.2) is 14.7 Å². The molecule has 4 atom stereocenters. The maximum atomic E-state index is 12.2. The number of phenolic OH excluding ortho intramolecular Hbond substituents is 1. The predicted molar refractivity (Wildman–Crippen MR) is 113 cm³/mol. The van der Waals surface area contributed by atoms with Crippen LogP contribution in [0, 0.1) is 0 Å². The Morgan fingerprint density at radius 1 is 1.21 bits per heavy atom. The molecule has 2 aromatic heterocycles. The van der Waals surface area contributed by atoms with Crippen LogP contribution in [0.5, 0.6) is 11.6 Å². The zero-order valence-corrected chi connectivity index (χ0v) is 18.5. The summed E-state index contributed by atoms with van der Waals surface area (Å²) in [6.07, 6.45) is -2.90. The van der Waals surface area contributed by atoms with Crippen LogP contribution in [0.15, 0.2) is 36.9 Å². The Bertz CT molecular complexity index is 1300. The molecule has 0 spiro atoms. The first-order valence-electron chi connectivity index (χ1n) is 10.0. The molecule has 34 heavy (non-hydrogen) atoms. The molecule has 14 nitrogen and oxygen atoms in total. The van der Waals surface area contributed by atoms with E-state index in [4.69, 9.17) is 13.7 Å². The van der Waals surface area contributed by atoms with Crippen molar-refractivity contribution >= 4 is 27.4 Å². The molecule has 4 rings (SSSR count). The summed E-state index contributed by atoms with van der Waals surface area (Å²) in [6.45, 7) is 1.40. The molecule has 4 N–H and O–H groups in total.